The standard InChI is InChI=1S/C6H11NO/c1-3-6(8)5(2)4-7/h4-5,7H,3H2,1-2H3/t5-/m0/s1. The first kappa shape index (κ1) is 7.34. The summed E-state index contributed by atoms with van der Waals surface area (Å²) in [6.07, 6.45) is 1.71. The second kappa shape index (κ2) is 3.36. The van der Waals surface area contributed by atoms with Crippen LogP contribution >= 0.6 is 0 Å². The first-order chi connectivity index (χ1) is 3.72. The third-order valence-electron chi connectivity index (χ3n) is 1.11. The van der Waals surface area contributed by atoms with Crippen molar-refractivity contribution in [1.82, 2.24) is 0 Å². The molecule has 0 aromatic carbocycles. The van der Waals surface area contributed by atoms with E-state index in [1.165, 1.54) is 6.21 Å². The van der Waals surface area contributed by atoms with Crippen LogP contribution < -0.4 is 0 Å². The Kier molecular flexibility index (Phi) is 3.08. The Morgan fingerprint density at radius 3 is 2.50 bits per heavy atom. The van der Waals surface area contributed by atoms with Crippen LogP contribution in [0.1, 0.15) is 20.3 Å². The molecular formula is C6H11NO. The molecule has 46 valence electrons. The smallest absolute Gasteiger partial charge is 0.140 e. The molecule has 0 aromatic heterocycles. The van der Waals surface area contributed by atoms with Gasteiger partial charge in [0, 0.05) is 18.6 Å². The molecule has 0 radical (unpaired) electrons. The van der Waals surface area contributed by atoms with Crippen LogP contribution in [0.15, 0.2) is 0 Å². The second-order valence-corrected chi connectivity index (χ2v) is 1.78. The van der Waals surface area contributed by atoms with Crippen molar-refractivity contribution >= 4 is 12.0 Å². The highest BCUT2D eigenvalue weighted by Crippen LogP contribution is 1.94. The van der Waals surface area contributed by atoms with E-state index in [-0.39, 0.29) is 11.7 Å². The van der Waals surface area contributed by atoms with Gasteiger partial charge in [-0.25, -0.2) is 0 Å². The molecule has 0 bridgehead atoms. The molecule has 0 unspecified atom stereocenters. The summed E-state index contributed by atoms with van der Waals surface area (Å²) < 4.78 is 0. The van der Waals surface area contributed by atoms with E-state index in [1.807, 2.05) is 6.92 Å². The highest BCUT2D eigenvalue weighted by atomic mass is 16.1. The van der Waals surface area contributed by atoms with Crippen LogP contribution in [0.2, 0.25) is 0 Å². The van der Waals surface area contributed by atoms with Gasteiger partial charge in [-0.15, -0.1) is 0 Å². The van der Waals surface area contributed by atoms with Gasteiger partial charge in [0.05, 0.1) is 0 Å². The molecule has 0 fully saturated rings. The summed E-state index contributed by atoms with van der Waals surface area (Å²) in [5, 5.41) is 6.70. The highest BCUT2D eigenvalue weighted by molar-refractivity contribution is 5.93. The number of hydrogen-bond donors (Lipinski definition) is 1. The zero-order valence-corrected chi connectivity index (χ0v) is 5.27. The minimum Gasteiger partial charge on any atom is -0.312 e. The fraction of sp³-hybridized carbons (Fsp3) is 0.667. The van der Waals surface area contributed by atoms with Crippen molar-refractivity contribution < 1.29 is 4.79 Å². The summed E-state index contributed by atoms with van der Waals surface area (Å²) in [4.78, 5) is 10.6. The van der Waals surface area contributed by atoms with Gasteiger partial charge in [-0.1, -0.05) is 13.8 Å². The van der Waals surface area contributed by atoms with Gasteiger partial charge in [-0.05, 0) is 0 Å². The molecule has 0 aliphatic heterocycles. The Labute approximate surface area is 49.4 Å². The van der Waals surface area contributed by atoms with Crippen molar-refractivity contribution in [1.29, 1.82) is 5.41 Å². The van der Waals surface area contributed by atoms with Gasteiger partial charge in [-0.3, -0.25) is 4.79 Å². The maximum Gasteiger partial charge on any atom is 0.140 e. The molecule has 0 amide bonds. The summed E-state index contributed by atoms with van der Waals surface area (Å²) >= 11 is 0. The van der Waals surface area contributed by atoms with Gasteiger partial charge in [-0.2, -0.15) is 0 Å². The van der Waals surface area contributed by atoms with E-state index >= 15 is 0 Å². The first-order valence-corrected chi connectivity index (χ1v) is 2.75. The minimum absolute atomic E-state index is 0.139. The van der Waals surface area contributed by atoms with Gasteiger partial charge in [0.2, 0.25) is 0 Å². The van der Waals surface area contributed by atoms with Gasteiger partial charge >= 0.3 is 0 Å². The number of nitrogens with one attached hydrogen (secondary N) is 1. The summed E-state index contributed by atoms with van der Waals surface area (Å²) in [6.45, 7) is 3.54. The average molecular weight is 113 g/mol. The molecule has 0 aliphatic rings. The summed E-state index contributed by atoms with van der Waals surface area (Å²) in [5.41, 5.74) is 0. The van der Waals surface area contributed by atoms with Crippen LogP contribution in [-0.4, -0.2) is 12.0 Å². The molecule has 0 saturated heterocycles. The Bertz CT molecular complexity index is 98.7. The molecule has 0 saturated carbocycles. The molecule has 0 aromatic rings. The van der Waals surface area contributed by atoms with Gasteiger partial charge in [0.15, 0.2) is 0 Å². The normalized spacial score (nSPS) is 12.8. The molecule has 1 N–H and O–H groups in total. The maximum absolute atomic E-state index is 10.6. The summed E-state index contributed by atoms with van der Waals surface area (Å²) in [7, 11) is 0. The van der Waals surface area contributed by atoms with Crippen LogP contribution in [-0.2, 0) is 4.79 Å². The zero-order chi connectivity index (χ0) is 6.57. The van der Waals surface area contributed by atoms with E-state index in [2.05, 4.69) is 0 Å². The van der Waals surface area contributed by atoms with E-state index in [0.717, 1.165) is 0 Å². The van der Waals surface area contributed by atoms with Gasteiger partial charge < -0.3 is 5.41 Å². The van der Waals surface area contributed by atoms with E-state index in [9.17, 15) is 4.79 Å². The Morgan fingerprint density at radius 2 is 2.38 bits per heavy atom. The topological polar surface area (TPSA) is 40.9 Å². The van der Waals surface area contributed by atoms with Crippen molar-refractivity contribution in [2.24, 2.45) is 5.92 Å². The fourth-order valence-electron chi connectivity index (χ4n) is 0.415. The first-order valence-electron chi connectivity index (χ1n) is 2.75. The van der Waals surface area contributed by atoms with Crippen LogP contribution in [0, 0.1) is 11.3 Å². The Hall–Kier alpha value is -0.660. The van der Waals surface area contributed by atoms with Crippen molar-refractivity contribution in [2.45, 2.75) is 20.3 Å². The summed E-state index contributed by atoms with van der Waals surface area (Å²) in [6, 6.07) is 0. The minimum atomic E-state index is -0.181. The molecule has 2 nitrogen and oxygen atoms in total. The number of hydrogen-bond acceptors (Lipinski definition) is 2. The van der Waals surface area contributed by atoms with Crippen molar-refractivity contribution in [2.75, 3.05) is 0 Å². The molecule has 2 heteroatoms. The Morgan fingerprint density at radius 1 is 1.88 bits per heavy atom. The number of rotatable bonds is 3. The third-order valence-corrected chi connectivity index (χ3v) is 1.11. The molecule has 1 atom stereocenters. The van der Waals surface area contributed by atoms with Gasteiger partial charge in [0.1, 0.15) is 5.78 Å². The summed E-state index contributed by atoms with van der Waals surface area (Å²) in [5.74, 6) is -0.0417. The maximum atomic E-state index is 10.6. The second-order valence-electron chi connectivity index (χ2n) is 1.78. The van der Waals surface area contributed by atoms with Crippen LogP contribution in [0.4, 0.5) is 0 Å². The molecule has 0 heterocycles. The van der Waals surface area contributed by atoms with E-state index in [1.54, 1.807) is 6.92 Å². The van der Waals surface area contributed by atoms with Crippen LogP contribution in [0.3, 0.4) is 0 Å². The average Bonchev–Trinajstić information content (AvgIpc) is 1.84. The quantitative estimate of drug-likeness (QED) is 0.550. The third kappa shape index (κ3) is 1.87. The van der Waals surface area contributed by atoms with Crippen molar-refractivity contribution in [3.8, 4) is 0 Å². The monoisotopic (exact) mass is 113 g/mol. The lowest BCUT2D eigenvalue weighted by atomic mass is 10.1. The fourth-order valence-corrected chi connectivity index (χ4v) is 0.415. The number of Topliss-reactive ketones (excluding diaryl/α,β-unsaturated/α-hetero) is 1. The van der Waals surface area contributed by atoms with E-state index in [4.69, 9.17) is 5.41 Å². The molecule has 8 heavy (non-hydrogen) atoms. The molecule has 0 spiro atoms. The lowest BCUT2D eigenvalue weighted by molar-refractivity contribution is -0.120. The number of carbonyl (C=O) groups excluding carboxylic acids is 1. The Balaban J connectivity index is 3.62. The van der Waals surface area contributed by atoms with E-state index in [0.29, 0.717) is 6.42 Å². The highest BCUT2D eigenvalue weighted by Gasteiger charge is 2.04. The number of carbonyl (C=O) groups is 1. The number of ketones is 1. The lowest BCUT2D eigenvalue weighted by Gasteiger charge is -1.97. The van der Waals surface area contributed by atoms with E-state index < -0.39 is 0 Å². The molecule has 0 rings (SSSR count). The predicted octanol–water partition coefficient (Wildman–Crippen LogP) is 1.25. The SMILES string of the molecule is CCC(=O)[C@@H](C)C=N. The predicted molar refractivity (Wildman–Crippen MR) is 33.2 cm³/mol. The van der Waals surface area contributed by atoms with Crippen molar-refractivity contribution in [3.05, 3.63) is 0 Å². The van der Waals surface area contributed by atoms with Gasteiger partial charge in [0.25, 0.3) is 0 Å². The largest absolute Gasteiger partial charge is 0.312 e. The van der Waals surface area contributed by atoms with Crippen LogP contribution in [0.25, 0.3) is 0 Å². The zero-order valence-electron chi connectivity index (χ0n) is 5.27. The van der Waals surface area contributed by atoms with Crippen molar-refractivity contribution in [3.63, 3.8) is 0 Å². The molecular weight excluding hydrogens is 102 g/mol. The lowest BCUT2D eigenvalue weighted by Crippen LogP contribution is -2.09. The molecule has 0 aliphatic carbocycles. The van der Waals surface area contributed by atoms with Crippen LogP contribution in [0.5, 0.6) is 0 Å².